The first-order valence-corrected chi connectivity index (χ1v) is 9.34. The first-order valence-electron chi connectivity index (χ1n) is 8.10. The van der Waals surface area contributed by atoms with E-state index in [-0.39, 0.29) is 4.05 Å². The lowest BCUT2D eigenvalue weighted by Gasteiger charge is -2.41. The smallest absolute Gasteiger partial charge is 0.200 e. The first kappa shape index (κ1) is 18.5. The molecule has 0 aliphatic rings. The third kappa shape index (κ3) is 5.30. The Morgan fingerprint density at radius 3 is 2.19 bits per heavy atom. The summed E-state index contributed by atoms with van der Waals surface area (Å²) in [5.41, 5.74) is 2.83. The molecular weight excluding hydrogens is 369 g/mol. The highest BCUT2D eigenvalue weighted by Gasteiger charge is 2.33. The zero-order valence-electron chi connectivity index (χ0n) is 13.7. The maximum Gasteiger partial charge on any atom is 0.200 e. The standard InChI is InChI=1S/C19H29IN/c1-5-8-14-21(15-9-6-2,19(20)7-3)16-18-13-11-10-12-17(18)4/h3,10-13,19H,5-6,8-9,14-16H2,1-2,4H3/q+1. The minimum atomic E-state index is 0.250. The van der Waals surface area contributed by atoms with E-state index in [1.807, 2.05) is 0 Å². The molecule has 1 atom stereocenters. The summed E-state index contributed by atoms with van der Waals surface area (Å²) in [6, 6.07) is 8.74. The highest BCUT2D eigenvalue weighted by molar-refractivity contribution is 14.1. The lowest BCUT2D eigenvalue weighted by Crippen LogP contribution is -2.53. The summed E-state index contributed by atoms with van der Waals surface area (Å²) in [6.45, 7) is 10.2. The van der Waals surface area contributed by atoms with Gasteiger partial charge in [0.15, 0.2) is 0 Å². The number of hydrogen-bond donors (Lipinski definition) is 0. The molecule has 21 heavy (non-hydrogen) atoms. The Morgan fingerprint density at radius 1 is 1.14 bits per heavy atom. The van der Waals surface area contributed by atoms with Crippen molar-refractivity contribution in [3.63, 3.8) is 0 Å². The van der Waals surface area contributed by atoms with Crippen molar-refractivity contribution in [3.05, 3.63) is 35.4 Å². The maximum atomic E-state index is 5.82. The van der Waals surface area contributed by atoms with E-state index >= 15 is 0 Å². The zero-order chi connectivity index (χ0) is 15.7. The molecule has 0 fully saturated rings. The molecule has 0 heterocycles. The van der Waals surface area contributed by atoms with Crippen LogP contribution in [0.3, 0.4) is 0 Å². The van der Waals surface area contributed by atoms with E-state index in [4.69, 9.17) is 6.42 Å². The fourth-order valence-corrected chi connectivity index (χ4v) is 3.56. The Morgan fingerprint density at radius 2 is 1.71 bits per heavy atom. The van der Waals surface area contributed by atoms with Crippen molar-refractivity contribution in [1.29, 1.82) is 0 Å². The molecular formula is C19H29IN+. The molecule has 1 nitrogen and oxygen atoms in total. The van der Waals surface area contributed by atoms with Crippen LogP contribution < -0.4 is 0 Å². The molecule has 0 saturated heterocycles. The van der Waals surface area contributed by atoms with E-state index in [1.165, 1.54) is 49.9 Å². The normalized spacial score (nSPS) is 12.9. The van der Waals surface area contributed by atoms with Crippen molar-refractivity contribution in [2.24, 2.45) is 0 Å². The minimum absolute atomic E-state index is 0.250. The Bertz CT molecular complexity index is 453. The number of benzene rings is 1. The second kappa shape index (κ2) is 9.48. The van der Waals surface area contributed by atoms with Crippen molar-refractivity contribution in [3.8, 4) is 12.3 Å². The van der Waals surface area contributed by atoms with E-state index < -0.39 is 0 Å². The predicted octanol–water partition coefficient (Wildman–Crippen LogP) is 5.31. The van der Waals surface area contributed by atoms with Crippen LogP contribution in [0.25, 0.3) is 0 Å². The molecule has 1 rings (SSSR count). The molecule has 1 aromatic rings. The molecule has 2 heteroatoms. The topological polar surface area (TPSA) is 0 Å². The van der Waals surface area contributed by atoms with Crippen molar-refractivity contribution < 1.29 is 4.48 Å². The Balaban J connectivity index is 3.07. The summed E-state index contributed by atoms with van der Waals surface area (Å²) in [5.74, 6) is 3.02. The summed E-state index contributed by atoms with van der Waals surface area (Å²) >= 11 is 2.47. The molecule has 1 unspecified atom stereocenters. The number of halogens is 1. The maximum absolute atomic E-state index is 5.82. The molecule has 1 aromatic carbocycles. The van der Waals surface area contributed by atoms with Crippen LogP contribution in [0.2, 0.25) is 0 Å². The van der Waals surface area contributed by atoms with Crippen molar-refractivity contribution in [1.82, 2.24) is 0 Å². The number of hydrogen-bond acceptors (Lipinski definition) is 0. The van der Waals surface area contributed by atoms with Gasteiger partial charge >= 0.3 is 0 Å². The van der Waals surface area contributed by atoms with Gasteiger partial charge in [-0.3, -0.25) is 4.48 Å². The first-order chi connectivity index (χ1) is 10.1. The predicted molar refractivity (Wildman–Crippen MR) is 101 cm³/mol. The van der Waals surface area contributed by atoms with Crippen molar-refractivity contribution in [2.45, 2.75) is 57.0 Å². The van der Waals surface area contributed by atoms with E-state index in [0.717, 1.165) is 11.0 Å². The number of nitrogens with zero attached hydrogens (tertiary/aromatic N) is 1. The summed E-state index contributed by atoms with van der Waals surface area (Å²) in [5, 5.41) is 0. The van der Waals surface area contributed by atoms with Gasteiger partial charge in [0.1, 0.15) is 6.54 Å². The second-order valence-corrected chi connectivity index (χ2v) is 7.14. The average Bonchev–Trinajstić information content (AvgIpc) is 2.51. The Kier molecular flexibility index (Phi) is 8.36. The molecule has 0 amide bonds. The highest BCUT2D eigenvalue weighted by Crippen LogP contribution is 2.27. The van der Waals surface area contributed by atoms with Gasteiger partial charge in [-0.25, -0.2) is 0 Å². The van der Waals surface area contributed by atoms with Crippen molar-refractivity contribution in [2.75, 3.05) is 13.1 Å². The highest BCUT2D eigenvalue weighted by atomic mass is 127. The van der Waals surface area contributed by atoms with Crippen LogP contribution in [0.5, 0.6) is 0 Å². The molecule has 0 N–H and O–H groups in total. The summed E-state index contributed by atoms with van der Waals surface area (Å²) in [6.07, 6.45) is 10.8. The van der Waals surface area contributed by atoms with Crippen LogP contribution in [0.1, 0.15) is 50.7 Å². The molecule has 0 aromatic heterocycles. The molecule has 0 saturated carbocycles. The van der Waals surface area contributed by atoms with Gasteiger partial charge in [0, 0.05) is 28.2 Å². The van der Waals surface area contributed by atoms with Crippen LogP contribution in [0.4, 0.5) is 0 Å². The number of quaternary nitrogens is 1. The number of unbranched alkanes of at least 4 members (excludes halogenated alkanes) is 2. The van der Waals surface area contributed by atoms with Gasteiger partial charge < -0.3 is 0 Å². The van der Waals surface area contributed by atoms with E-state index in [0.29, 0.717) is 0 Å². The average molecular weight is 398 g/mol. The molecule has 116 valence electrons. The van der Waals surface area contributed by atoms with Gasteiger partial charge in [-0.15, -0.1) is 6.42 Å². The van der Waals surface area contributed by atoms with Gasteiger partial charge in [0.2, 0.25) is 4.05 Å². The molecule has 0 bridgehead atoms. The van der Waals surface area contributed by atoms with E-state index in [1.54, 1.807) is 0 Å². The quantitative estimate of drug-likeness (QED) is 0.174. The number of terminal acetylenes is 1. The largest absolute Gasteiger partial charge is 0.299 e. The van der Waals surface area contributed by atoms with Gasteiger partial charge in [-0.2, -0.15) is 0 Å². The Labute approximate surface area is 144 Å². The van der Waals surface area contributed by atoms with Crippen LogP contribution in [0.15, 0.2) is 24.3 Å². The fraction of sp³-hybridized carbons (Fsp3) is 0.579. The summed E-state index contributed by atoms with van der Waals surface area (Å²) < 4.78 is 1.28. The third-order valence-electron chi connectivity index (χ3n) is 4.28. The lowest BCUT2D eigenvalue weighted by molar-refractivity contribution is -0.940. The summed E-state index contributed by atoms with van der Waals surface area (Å²) in [4.78, 5) is 0. The summed E-state index contributed by atoms with van der Waals surface area (Å²) in [7, 11) is 0. The molecule has 0 aliphatic heterocycles. The van der Waals surface area contributed by atoms with Gasteiger partial charge in [0.25, 0.3) is 0 Å². The molecule has 0 aliphatic carbocycles. The van der Waals surface area contributed by atoms with Crippen LogP contribution in [0, 0.1) is 19.3 Å². The molecule has 0 spiro atoms. The van der Waals surface area contributed by atoms with Crippen LogP contribution >= 0.6 is 22.6 Å². The van der Waals surface area contributed by atoms with E-state index in [9.17, 15) is 0 Å². The monoisotopic (exact) mass is 398 g/mol. The van der Waals surface area contributed by atoms with Gasteiger partial charge in [0.05, 0.1) is 13.1 Å². The number of rotatable bonds is 9. The Hall–Kier alpha value is -0.530. The SMILES string of the molecule is C#CC(I)[N+](CCCC)(CCCC)Cc1ccccc1C. The van der Waals surface area contributed by atoms with Gasteiger partial charge in [-0.05, 0) is 31.2 Å². The lowest BCUT2D eigenvalue weighted by atomic mass is 10.1. The number of aryl methyl sites for hydroxylation is 1. The third-order valence-corrected chi connectivity index (χ3v) is 5.82. The molecule has 0 radical (unpaired) electrons. The van der Waals surface area contributed by atoms with E-state index in [2.05, 4.69) is 73.5 Å². The van der Waals surface area contributed by atoms with Crippen molar-refractivity contribution >= 4 is 22.6 Å². The van der Waals surface area contributed by atoms with Crippen LogP contribution in [-0.4, -0.2) is 21.6 Å². The zero-order valence-corrected chi connectivity index (χ0v) is 15.9. The second-order valence-electron chi connectivity index (χ2n) is 5.96. The minimum Gasteiger partial charge on any atom is -0.299 e. The number of alkyl halides is 1. The fourth-order valence-electron chi connectivity index (χ4n) is 2.81. The van der Waals surface area contributed by atoms with Gasteiger partial charge in [-0.1, -0.05) is 51.0 Å². The van der Waals surface area contributed by atoms with Crippen LogP contribution in [-0.2, 0) is 6.54 Å².